The lowest BCUT2D eigenvalue weighted by atomic mass is 10.1. The van der Waals surface area contributed by atoms with Crippen LogP contribution in [-0.2, 0) is 17.9 Å². The number of guanidine groups is 1. The number of ether oxygens (including phenoxy) is 1. The quantitative estimate of drug-likeness (QED) is 0.250. The van der Waals surface area contributed by atoms with Crippen molar-refractivity contribution in [2.75, 3.05) is 39.4 Å². The molecule has 1 heterocycles. The Bertz CT molecular complexity index is 525. The van der Waals surface area contributed by atoms with E-state index in [1.54, 1.807) is 12.1 Å². The molecule has 1 aromatic carbocycles. The summed E-state index contributed by atoms with van der Waals surface area (Å²) in [4.78, 5) is 6.60. The highest BCUT2D eigenvalue weighted by molar-refractivity contribution is 14.0. The smallest absolute Gasteiger partial charge is 0.188 e. The van der Waals surface area contributed by atoms with E-state index in [9.17, 15) is 4.39 Å². The minimum atomic E-state index is -0.408. The largest absolute Gasteiger partial charge is 0.392 e. The molecule has 0 bridgehead atoms. The number of nitrogens with zero attached hydrogens (tertiary/aromatic N) is 2. The molecular weight excluding hydrogens is 426 g/mol. The van der Waals surface area contributed by atoms with Crippen molar-refractivity contribution in [1.82, 2.24) is 10.2 Å². The van der Waals surface area contributed by atoms with Crippen LogP contribution in [0, 0.1) is 5.82 Å². The first-order valence-electron chi connectivity index (χ1n) is 7.91. The molecule has 1 fully saturated rings. The lowest BCUT2D eigenvalue weighted by Gasteiger charge is -2.26. The zero-order chi connectivity index (χ0) is 16.5. The van der Waals surface area contributed by atoms with Gasteiger partial charge in [-0.05, 0) is 30.7 Å². The summed E-state index contributed by atoms with van der Waals surface area (Å²) in [6.07, 6.45) is 0.988. The molecule has 24 heavy (non-hydrogen) atoms. The number of aliphatic imine (C=N–C) groups is 1. The van der Waals surface area contributed by atoms with Crippen molar-refractivity contribution >= 4 is 29.9 Å². The molecule has 6 nitrogen and oxygen atoms in total. The Morgan fingerprint density at radius 3 is 2.83 bits per heavy atom. The number of rotatable bonds is 7. The maximum atomic E-state index is 13.3. The second kappa shape index (κ2) is 11.6. The number of nitrogens with one attached hydrogen (secondary N) is 1. The third kappa shape index (κ3) is 7.29. The van der Waals surface area contributed by atoms with Crippen molar-refractivity contribution in [3.8, 4) is 0 Å². The van der Waals surface area contributed by atoms with E-state index in [2.05, 4.69) is 15.2 Å². The summed E-state index contributed by atoms with van der Waals surface area (Å²) < 4.78 is 18.6. The topological polar surface area (TPSA) is 83.1 Å². The number of halogens is 2. The van der Waals surface area contributed by atoms with Crippen LogP contribution in [-0.4, -0.2) is 55.4 Å². The van der Waals surface area contributed by atoms with Gasteiger partial charge < -0.3 is 20.9 Å². The average Bonchev–Trinajstić information content (AvgIpc) is 2.59. The van der Waals surface area contributed by atoms with Gasteiger partial charge in [0.15, 0.2) is 5.96 Å². The molecule has 0 atom stereocenters. The Morgan fingerprint density at radius 2 is 2.12 bits per heavy atom. The average molecular weight is 452 g/mol. The highest BCUT2D eigenvalue weighted by Gasteiger charge is 2.09. The van der Waals surface area contributed by atoms with Gasteiger partial charge in [-0.15, -0.1) is 24.0 Å². The molecule has 0 saturated carbocycles. The van der Waals surface area contributed by atoms with E-state index in [-0.39, 0.29) is 36.1 Å². The zero-order valence-corrected chi connectivity index (χ0v) is 16.0. The monoisotopic (exact) mass is 452 g/mol. The summed E-state index contributed by atoms with van der Waals surface area (Å²) in [7, 11) is 0. The fourth-order valence-corrected chi connectivity index (χ4v) is 2.42. The van der Waals surface area contributed by atoms with E-state index >= 15 is 0 Å². The summed E-state index contributed by atoms with van der Waals surface area (Å²) in [6.45, 7) is 5.41. The minimum absolute atomic E-state index is 0. The van der Waals surface area contributed by atoms with Gasteiger partial charge in [-0.1, -0.05) is 6.07 Å². The molecule has 0 aromatic heterocycles. The third-order valence-corrected chi connectivity index (χ3v) is 3.77. The first-order valence-corrected chi connectivity index (χ1v) is 7.91. The standard InChI is InChI=1S/C16H25FN4O2.HI/c17-15-3-2-13(10-14(15)12-22)11-20-16(18)19-4-1-5-21-6-8-23-9-7-21;/h2-3,10,22H,1,4-9,11-12H2,(H3,18,19,20);1H. The number of aliphatic hydroxyl groups is 1. The number of hydrogen-bond acceptors (Lipinski definition) is 4. The van der Waals surface area contributed by atoms with Crippen LogP contribution >= 0.6 is 24.0 Å². The van der Waals surface area contributed by atoms with Gasteiger partial charge in [-0.25, -0.2) is 9.38 Å². The van der Waals surface area contributed by atoms with Crippen molar-refractivity contribution in [1.29, 1.82) is 0 Å². The van der Waals surface area contributed by atoms with E-state index in [4.69, 9.17) is 15.6 Å². The molecule has 0 radical (unpaired) electrons. The SMILES string of the molecule is I.NC(=NCc1ccc(F)c(CO)c1)NCCCN1CCOCC1. The van der Waals surface area contributed by atoms with Crippen LogP contribution in [0.2, 0.25) is 0 Å². The summed E-state index contributed by atoms with van der Waals surface area (Å²) in [6, 6.07) is 4.58. The lowest BCUT2D eigenvalue weighted by molar-refractivity contribution is 0.0376. The maximum absolute atomic E-state index is 13.3. The van der Waals surface area contributed by atoms with Crippen LogP contribution < -0.4 is 11.1 Å². The fourth-order valence-electron chi connectivity index (χ4n) is 2.42. The highest BCUT2D eigenvalue weighted by Crippen LogP contribution is 2.11. The van der Waals surface area contributed by atoms with Gasteiger partial charge in [0.25, 0.3) is 0 Å². The normalized spacial score (nSPS) is 15.8. The fraction of sp³-hybridized carbons (Fsp3) is 0.562. The van der Waals surface area contributed by atoms with Gasteiger partial charge in [0.2, 0.25) is 0 Å². The number of aliphatic hydroxyl groups excluding tert-OH is 1. The van der Waals surface area contributed by atoms with Crippen LogP contribution in [0.5, 0.6) is 0 Å². The molecule has 1 aliphatic rings. The van der Waals surface area contributed by atoms with Crippen LogP contribution in [0.15, 0.2) is 23.2 Å². The van der Waals surface area contributed by atoms with Crippen molar-refractivity contribution in [2.45, 2.75) is 19.6 Å². The van der Waals surface area contributed by atoms with Gasteiger partial charge in [-0.2, -0.15) is 0 Å². The van der Waals surface area contributed by atoms with E-state index in [0.717, 1.165) is 51.4 Å². The molecular formula is C16H26FIN4O2. The Kier molecular flexibility index (Phi) is 10.2. The van der Waals surface area contributed by atoms with E-state index in [0.29, 0.717) is 12.5 Å². The van der Waals surface area contributed by atoms with Crippen molar-refractivity contribution < 1.29 is 14.2 Å². The van der Waals surface area contributed by atoms with Gasteiger partial charge in [0.1, 0.15) is 5.82 Å². The lowest BCUT2D eigenvalue weighted by Crippen LogP contribution is -2.39. The second-order valence-corrected chi connectivity index (χ2v) is 5.52. The van der Waals surface area contributed by atoms with Crippen LogP contribution in [0.1, 0.15) is 17.5 Å². The minimum Gasteiger partial charge on any atom is -0.392 e. The van der Waals surface area contributed by atoms with Crippen molar-refractivity contribution in [2.24, 2.45) is 10.7 Å². The Morgan fingerprint density at radius 1 is 1.38 bits per heavy atom. The number of hydrogen-bond donors (Lipinski definition) is 3. The van der Waals surface area contributed by atoms with Gasteiger partial charge >= 0.3 is 0 Å². The molecule has 8 heteroatoms. The van der Waals surface area contributed by atoms with Crippen LogP contribution in [0.4, 0.5) is 4.39 Å². The zero-order valence-electron chi connectivity index (χ0n) is 13.7. The van der Waals surface area contributed by atoms with Gasteiger partial charge in [0.05, 0.1) is 26.4 Å². The summed E-state index contributed by atoms with van der Waals surface area (Å²) in [5.74, 6) is -0.0312. The van der Waals surface area contributed by atoms with E-state index in [1.807, 2.05) is 0 Å². The Labute approximate surface area is 159 Å². The molecule has 1 aliphatic heterocycles. The highest BCUT2D eigenvalue weighted by atomic mass is 127. The summed E-state index contributed by atoms with van der Waals surface area (Å²) in [5, 5.41) is 12.1. The molecule has 0 aliphatic carbocycles. The second-order valence-electron chi connectivity index (χ2n) is 5.52. The molecule has 1 saturated heterocycles. The van der Waals surface area contributed by atoms with Gasteiger partial charge in [-0.3, -0.25) is 4.90 Å². The molecule has 4 N–H and O–H groups in total. The number of morpholine rings is 1. The number of nitrogens with two attached hydrogens (primary N) is 1. The summed E-state index contributed by atoms with van der Waals surface area (Å²) >= 11 is 0. The molecule has 0 unspecified atom stereocenters. The van der Waals surface area contributed by atoms with Gasteiger partial charge in [0, 0.05) is 25.2 Å². The van der Waals surface area contributed by atoms with Crippen molar-refractivity contribution in [3.05, 3.63) is 35.1 Å². The molecule has 136 valence electrons. The van der Waals surface area contributed by atoms with E-state index < -0.39 is 5.82 Å². The first kappa shape index (κ1) is 21.1. The van der Waals surface area contributed by atoms with Crippen molar-refractivity contribution in [3.63, 3.8) is 0 Å². The Balaban J connectivity index is 0.00000288. The van der Waals surface area contributed by atoms with Crippen LogP contribution in [0.3, 0.4) is 0 Å². The third-order valence-electron chi connectivity index (χ3n) is 3.77. The van der Waals surface area contributed by atoms with E-state index in [1.165, 1.54) is 6.07 Å². The van der Waals surface area contributed by atoms with Crippen LogP contribution in [0.25, 0.3) is 0 Å². The molecule has 0 spiro atoms. The molecule has 0 amide bonds. The first-order chi connectivity index (χ1) is 11.2. The molecule has 2 rings (SSSR count). The summed E-state index contributed by atoms with van der Waals surface area (Å²) in [5.41, 5.74) is 6.91. The number of benzene rings is 1. The maximum Gasteiger partial charge on any atom is 0.188 e. The predicted octanol–water partition coefficient (Wildman–Crippen LogP) is 1.06. The Hall–Kier alpha value is -0.970. The molecule has 1 aromatic rings. The predicted molar refractivity (Wildman–Crippen MR) is 103 cm³/mol.